The zero-order valence-electron chi connectivity index (χ0n) is 13.9. The minimum absolute atomic E-state index is 0.158. The van der Waals surface area contributed by atoms with Crippen molar-refractivity contribution in [2.24, 2.45) is 5.92 Å². The van der Waals surface area contributed by atoms with Gasteiger partial charge in [-0.3, -0.25) is 4.79 Å². The van der Waals surface area contributed by atoms with Crippen molar-refractivity contribution in [3.05, 3.63) is 42.5 Å². The van der Waals surface area contributed by atoms with Gasteiger partial charge in [0.1, 0.15) is 12.4 Å². The van der Waals surface area contributed by atoms with Crippen LogP contribution in [0.25, 0.3) is 10.8 Å². The van der Waals surface area contributed by atoms with Crippen LogP contribution in [0.2, 0.25) is 0 Å². The number of hydrogen-bond acceptors (Lipinski definition) is 3. The lowest BCUT2D eigenvalue weighted by Crippen LogP contribution is -2.42. The first-order valence-corrected chi connectivity index (χ1v) is 7.81. The summed E-state index contributed by atoms with van der Waals surface area (Å²) in [5.41, 5.74) is 0. The fourth-order valence-corrected chi connectivity index (χ4v) is 2.35. The summed E-state index contributed by atoms with van der Waals surface area (Å²) in [6.45, 7) is 2.40. The maximum atomic E-state index is 11.9. The van der Waals surface area contributed by atoms with Gasteiger partial charge in [-0.15, -0.1) is 0 Å². The Kier molecular flexibility index (Phi) is 6.01. The smallest absolute Gasteiger partial charge is 0.317 e. The summed E-state index contributed by atoms with van der Waals surface area (Å²) < 4.78 is 5.74. The highest BCUT2D eigenvalue weighted by molar-refractivity contribution is 5.88. The number of hydrogen-bond donors (Lipinski definition) is 2. The van der Waals surface area contributed by atoms with Crippen molar-refractivity contribution >= 4 is 22.8 Å². The van der Waals surface area contributed by atoms with Gasteiger partial charge < -0.3 is 20.1 Å². The van der Waals surface area contributed by atoms with Gasteiger partial charge in [0.25, 0.3) is 0 Å². The number of nitrogens with one attached hydrogen (secondary N) is 1. The van der Waals surface area contributed by atoms with Crippen LogP contribution >= 0.6 is 0 Å². The van der Waals surface area contributed by atoms with E-state index in [1.165, 1.54) is 4.90 Å². The van der Waals surface area contributed by atoms with Crippen LogP contribution in [0.4, 0.5) is 4.79 Å². The van der Waals surface area contributed by atoms with Crippen molar-refractivity contribution in [1.29, 1.82) is 0 Å². The Morgan fingerprint density at radius 1 is 1.21 bits per heavy atom. The summed E-state index contributed by atoms with van der Waals surface area (Å²) in [4.78, 5) is 24.1. The van der Waals surface area contributed by atoms with Gasteiger partial charge in [-0.2, -0.15) is 0 Å². The molecule has 0 heterocycles. The molecule has 0 aromatic heterocycles. The van der Waals surface area contributed by atoms with Crippen molar-refractivity contribution in [2.45, 2.75) is 6.92 Å². The van der Waals surface area contributed by atoms with Gasteiger partial charge in [-0.1, -0.05) is 43.3 Å². The number of carboxylic acid groups (broad SMARTS) is 1. The summed E-state index contributed by atoms with van der Waals surface area (Å²) in [5.74, 6) is -0.753. The van der Waals surface area contributed by atoms with Gasteiger partial charge >= 0.3 is 12.0 Å². The van der Waals surface area contributed by atoms with Crippen LogP contribution in [0.3, 0.4) is 0 Å². The Bertz CT molecular complexity index is 712. The first kappa shape index (κ1) is 17.6. The number of nitrogens with zero attached hydrogens (tertiary/aromatic N) is 1. The molecule has 0 aliphatic heterocycles. The molecule has 0 fully saturated rings. The highest BCUT2D eigenvalue weighted by Crippen LogP contribution is 2.24. The zero-order valence-corrected chi connectivity index (χ0v) is 13.9. The molecule has 1 atom stereocenters. The standard InChI is InChI=1S/C18H22N2O4/c1-13(17(21)22)12-20(2)18(23)19-10-11-24-16-9-5-7-14-6-3-4-8-15(14)16/h3-9,13H,10-12H2,1-2H3,(H,19,23)(H,21,22). The van der Waals surface area contributed by atoms with E-state index >= 15 is 0 Å². The third kappa shape index (κ3) is 4.62. The summed E-state index contributed by atoms with van der Waals surface area (Å²) in [5, 5.41) is 13.7. The van der Waals surface area contributed by atoms with Gasteiger partial charge in [0.2, 0.25) is 0 Å². The van der Waals surface area contributed by atoms with Crippen LogP contribution in [0.1, 0.15) is 6.92 Å². The fourth-order valence-electron chi connectivity index (χ4n) is 2.35. The number of fused-ring (bicyclic) bond motifs is 1. The van der Waals surface area contributed by atoms with Crippen molar-refractivity contribution in [1.82, 2.24) is 10.2 Å². The molecule has 0 bridgehead atoms. The second kappa shape index (κ2) is 8.19. The van der Waals surface area contributed by atoms with E-state index < -0.39 is 11.9 Å². The minimum atomic E-state index is -0.922. The SMILES string of the molecule is CC(CN(C)C(=O)NCCOc1cccc2ccccc12)C(=O)O. The van der Waals surface area contributed by atoms with E-state index in [2.05, 4.69) is 5.32 Å². The molecule has 2 amide bonds. The average Bonchev–Trinajstić information content (AvgIpc) is 2.58. The summed E-state index contributed by atoms with van der Waals surface area (Å²) in [7, 11) is 1.57. The topological polar surface area (TPSA) is 78.9 Å². The Morgan fingerprint density at radius 3 is 2.67 bits per heavy atom. The second-order valence-electron chi connectivity index (χ2n) is 5.68. The lowest BCUT2D eigenvalue weighted by atomic mass is 10.1. The monoisotopic (exact) mass is 330 g/mol. The van der Waals surface area contributed by atoms with Crippen LogP contribution in [0, 0.1) is 5.92 Å². The number of rotatable bonds is 7. The highest BCUT2D eigenvalue weighted by atomic mass is 16.5. The van der Waals surface area contributed by atoms with Gasteiger partial charge in [-0.05, 0) is 11.5 Å². The van der Waals surface area contributed by atoms with E-state index in [0.717, 1.165) is 16.5 Å². The van der Waals surface area contributed by atoms with Gasteiger partial charge in [0.05, 0.1) is 12.5 Å². The number of carbonyl (C=O) groups is 2. The molecule has 0 saturated carbocycles. The Morgan fingerprint density at radius 2 is 1.92 bits per heavy atom. The summed E-state index contributed by atoms with van der Waals surface area (Å²) in [6.07, 6.45) is 0. The Balaban J connectivity index is 1.80. The fraction of sp³-hybridized carbons (Fsp3) is 0.333. The quantitative estimate of drug-likeness (QED) is 0.765. The largest absolute Gasteiger partial charge is 0.491 e. The second-order valence-corrected chi connectivity index (χ2v) is 5.68. The molecule has 6 nitrogen and oxygen atoms in total. The molecule has 0 spiro atoms. The molecule has 1 unspecified atom stereocenters. The molecular formula is C18H22N2O4. The van der Waals surface area contributed by atoms with E-state index in [1.54, 1.807) is 14.0 Å². The first-order chi connectivity index (χ1) is 11.5. The summed E-state index contributed by atoms with van der Waals surface area (Å²) in [6, 6.07) is 13.5. The van der Waals surface area contributed by atoms with E-state index in [0.29, 0.717) is 13.2 Å². The van der Waals surface area contributed by atoms with Gasteiger partial charge in [0, 0.05) is 19.0 Å². The molecule has 2 aromatic carbocycles. The van der Waals surface area contributed by atoms with E-state index in [9.17, 15) is 9.59 Å². The van der Waals surface area contributed by atoms with Crippen molar-refractivity contribution in [3.63, 3.8) is 0 Å². The molecule has 2 rings (SSSR count). The number of carboxylic acids is 1. The number of amides is 2. The number of ether oxygens (including phenoxy) is 1. The van der Waals surface area contributed by atoms with Gasteiger partial charge in [0.15, 0.2) is 0 Å². The highest BCUT2D eigenvalue weighted by Gasteiger charge is 2.16. The molecule has 0 aliphatic rings. The predicted molar refractivity (Wildman–Crippen MR) is 92.3 cm³/mol. The lowest BCUT2D eigenvalue weighted by Gasteiger charge is -2.20. The third-order valence-electron chi connectivity index (χ3n) is 3.70. The van der Waals surface area contributed by atoms with E-state index in [4.69, 9.17) is 9.84 Å². The predicted octanol–water partition coefficient (Wildman–Crippen LogP) is 2.58. The molecule has 0 radical (unpaired) electrons. The molecule has 128 valence electrons. The lowest BCUT2D eigenvalue weighted by molar-refractivity contribution is -0.141. The third-order valence-corrected chi connectivity index (χ3v) is 3.70. The Labute approximate surface area is 141 Å². The van der Waals surface area contributed by atoms with Gasteiger partial charge in [-0.25, -0.2) is 4.79 Å². The normalized spacial score (nSPS) is 11.8. The van der Waals surface area contributed by atoms with Crippen LogP contribution in [0.5, 0.6) is 5.75 Å². The van der Waals surface area contributed by atoms with Crippen LogP contribution < -0.4 is 10.1 Å². The van der Waals surface area contributed by atoms with E-state index in [1.807, 2.05) is 42.5 Å². The van der Waals surface area contributed by atoms with Crippen molar-refractivity contribution < 1.29 is 19.4 Å². The number of benzene rings is 2. The van der Waals surface area contributed by atoms with Crippen LogP contribution in [0.15, 0.2) is 42.5 Å². The minimum Gasteiger partial charge on any atom is -0.491 e. The van der Waals surface area contributed by atoms with Crippen molar-refractivity contribution in [3.8, 4) is 5.75 Å². The first-order valence-electron chi connectivity index (χ1n) is 7.81. The summed E-state index contributed by atoms with van der Waals surface area (Å²) >= 11 is 0. The molecule has 0 saturated heterocycles. The van der Waals surface area contributed by atoms with Crippen LogP contribution in [-0.2, 0) is 4.79 Å². The molecule has 24 heavy (non-hydrogen) atoms. The molecule has 6 heteroatoms. The van der Waals surface area contributed by atoms with Crippen LogP contribution in [-0.4, -0.2) is 48.8 Å². The number of urea groups is 1. The zero-order chi connectivity index (χ0) is 17.5. The molecule has 0 aliphatic carbocycles. The maximum absolute atomic E-state index is 11.9. The molecule has 2 aromatic rings. The van der Waals surface area contributed by atoms with E-state index in [-0.39, 0.29) is 12.6 Å². The Hall–Kier alpha value is -2.76. The molecular weight excluding hydrogens is 308 g/mol. The number of aliphatic carboxylic acids is 1. The van der Waals surface area contributed by atoms with Crippen molar-refractivity contribution in [2.75, 3.05) is 26.7 Å². The average molecular weight is 330 g/mol. The molecule has 2 N–H and O–H groups in total. The maximum Gasteiger partial charge on any atom is 0.317 e. The number of carbonyl (C=O) groups excluding carboxylic acids is 1.